The van der Waals surface area contributed by atoms with E-state index in [2.05, 4.69) is 16.0 Å². The van der Waals surface area contributed by atoms with Crippen molar-refractivity contribution in [3.63, 3.8) is 0 Å². The monoisotopic (exact) mass is 352 g/mol. The summed E-state index contributed by atoms with van der Waals surface area (Å²) in [6.07, 6.45) is 3.81. The molecule has 5 amide bonds. The highest BCUT2D eigenvalue weighted by Crippen LogP contribution is 2.35. The van der Waals surface area contributed by atoms with Gasteiger partial charge in [-0.3, -0.25) is 19.3 Å². The summed E-state index contributed by atoms with van der Waals surface area (Å²) in [7, 11) is 0. The average Bonchev–Trinajstić information content (AvgIpc) is 3.04. The van der Waals surface area contributed by atoms with Crippen molar-refractivity contribution >= 4 is 23.8 Å². The lowest BCUT2D eigenvalue weighted by molar-refractivity contribution is -0.131. The molecule has 1 saturated carbocycles. The van der Waals surface area contributed by atoms with Crippen LogP contribution in [0, 0.1) is 0 Å². The van der Waals surface area contributed by atoms with E-state index in [0.717, 1.165) is 12.8 Å². The lowest BCUT2D eigenvalue weighted by Gasteiger charge is -2.20. The molecule has 8 heteroatoms. The van der Waals surface area contributed by atoms with Crippen LogP contribution in [0.15, 0.2) is 0 Å². The van der Waals surface area contributed by atoms with Crippen LogP contribution in [-0.2, 0) is 14.4 Å². The molecule has 25 heavy (non-hydrogen) atoms. The van der Waals surface area contributed by atoms with Crippen LogP contribution in [0.2, 0.25) is 0 Å². The number of imide groups is 1. The molecule has 1 saturated heterocycles. The van der Waals surface area contributed by atoms with Crippen LogP contribution >= 0.6 is 0 Å². The summed E-state index contributed by atoms with van der Waals surface area (Å²) in [5.74, 6) is -0.690. The standard InChI is InChI=1S/C17H28N4O4/c1-16(2,3)19-13(23)11-18-12(22)7-6-10-21-14(24)17(20-15(21)25)8-4-5-9-17/h4-11H2,1-3H3,(H,18,22)(H,19,23)(H,20,25). The number of hydrogen-bond donors (Lipinski definition) is 3. The first-order valence-corrected chi connectivity index (χ1v) is 8.85. The third-order valence-electron chi connectivity index (χ3n) is 4.45. The molecule has 3 N–H and O–H groups in total. The maximum atomic E-state index is 12.5. The molecule has 140 valence electrons. The number of rotatable bonds is 6. The molecule has 0 aromatic rings. The van der Waals surface area contributed by atoms with Crippen LogP contribution in [0.25, 0.3) is 0 Å². The lowest BCUT2D eigenvalue weighted by atomic mass is 9.98. The predicted octanol–water partition coefficient (Wildman–Crippen LogP) is 0.662. The SMILES string of the molecule is CC(C)(C)NC(=O)CNC(=O)CCCN1C(=O)NC2(CCCC2)C1=O. The van der Waals surface area contributed by atoms with Crippen molar-refractivity contribution in [1.29, 1.82) is 0 Å². The van der Waals surface area contributed by atoms with E-state index in [4.69, 9.17) is 0 Å². The van der Waals surface area contributed by atoms with E-state index in [1.165, 1.54) is 4.90 Å². The summed E-state index contributed by atoms with van der Waals surface area (Å²) in [4.78, 5) is 49.1. The van der Waals surface area contributed by atoms with Crippen LogP contribution in [0.3, 0.4) is 0 Å². The maximum absolute atomic E-state index is 12.5. The summed E-state index contributed by atoms with van der Waals surface area (Å²) in [5.41, 5.74) is -1.05. The Kier molecular flexibility index (Phi) is 5.69. The number of amides is 5. The summed E-state index contributed by atoms with van der Waals surface area (Å²) >= 11 is 0. The Morgan fingerprint density at radius 1 is 1.16 bits per heavy atom. The van der Waals surface area contributed by atoms with Crippen molar-refractivity contribution in [3.8, 4) is 0 Å². The minimum atomic E-state index is -0.704. The van der Waals surface area contributed by atoms with E-state index in [1.807, 2.05) is 20.8 Å². The molecule has 0 bridgehead atoms. The number of urea groups is 1. The quantitative estimate of drug-likeness (QED) is 0.610. The highest BCUT2D eigenvalue weighted by molar-refractivity contribution is 6.07. The second kappa shape index (κ2) is 7.41. The van der Waals surface area contributed by atoms with Crippen molar-refractivity contribution in [1.82, 2.24) is 20.9 Å². The molecule has 2 rings (SSSR count). The Hall–Kier alpha value is -2.12. The highest BCUT2D eigenvalue weighted by atomic mass is 16.2. The topological polar surface area (TPSA) is 108 Å². The van der Waals surface area contributed by atoms with E-state index in [1.54, 1.807) is 0 Å². The first-order valence-electron chi connectivity index (χ1n) is 8.85. The zero-order valence-corrected chi connectivity index (χ0v) is 15.2. The van der Waals surface area contributed by atoms with Crippen molar-refractivity contribution in [2.75, 3.05) is 13.1 Å². The Bertz CT molecular complexity index is 561. The lowest BCUT2D eigenvalue weighted by Crippen LogP contribution is -2.46. The number of hydrogen-bond acceptors (Lipinski definition) is 4. The summed E-state index contributed by atoms with van der Waals surface area (Å²) < 4.78 is 0. The number of carbonyl (C=O) groups excluding carboxylic acids is 4. The van der Waals surface area contributed by atoms with Crippen LogP contribution in [0.4, 0.5) is 4.79 Å². The molecule has 0 atom stereocenters. The Labute approximate surface area is 148 Å². The van der Waals surface area contributed by atoms with Crippen molar-refractivity contribution in [3.05, 3.63) is 0 Å². The van der Waals surface area contributed by atoms with Gasteiger partial charge in [0.15, 0.2) is 0 Å². The molecular weight excluding hydrogens is 324 g/mol. The second-order valence-electron chi connectivity index (χ2n) is 7.85. The average molecular weight is 352 g/mol. The van der Waals surface area contributed by atoms with Gasteiger partial charge in [0.2, 0.25) is 11.8 Å². The molecule has 2 fully saturated rings. The van der Waals surface area contributed by atoms with Gasteiger partial charge in [0.1, 0.15) is 5.54 Å². The van der Waals surface area contributed by atoms with Gasteiger partial charge < -0.3 is 16.0 Å². The van der Waals surface area contributed by atoms with Gasteiger partial charge in [-0.15, -0.1) is 0 Å². The maximum Gasteiger partial charge on any atom is 0.325 e. The zero-order chi connectivity index (χ0) is 18.7. The molecule has 0 aromatic heterocycles. The number of carbonyl (C=O) groups is 4. The van der Waals surface area contributed by atoms with Crippen molar-refractivity contribution in [2.45, 2.75) is 70.4 Å². The zero-order valence-electron chi connectivity index (χ0n) is 15.2. The fourth-order valence-corrected chi connectivity index (χ4v) is 3.32. The van der Waals surface area contributed by atoms with Crippen LogP contribution in [0.1, 0.15) is 59.3 Å². The van der Waals surface area contributed by atoms with Gasteiger partial charge in [-0.1, -0.05) is 12.8 Å². The minimum Gasteiger partial charge on any atom is -0.350 e. The van der Waals surface area contributed by atoms with E-state index >= 15 is 0 Å². The Balaban J connectivity index is 1.70. The Morgan fingerprint density at radius 3 is 2.40 bits per heavy atom. The van der Waals surface area contributed by atoms with Crippen LogP contribution < -0.4 is 16.0 Å². The molecule has 1 spiro atoms. The van der Waals surface area contributed by atoms with Gasteiger partial charge in [-0.2, -0.15) is 0 Å². The van der Waals surface area contributed by atoms with Crippen molar-refractivity contribution in [2.24, 2.45) is 0 Å². The second-order valence-corrected chi connectivity index (χ2v) is 7.85. The van der Waals surface area contributed by atoms with Gasteiger partial charge in [0.25, 0.3) is 5.91 Å². The molecule has 0 radical (unpaired) electrons. The normalized spacial score (nSPS) is 19.2. The minimum absolute atomic E-state index is 0.0810. The molecule has 2 aliphatic rings. The summed E-state index contributed by atoms with van der Waals surface area (Å²) in [5, 5.41) is 8.11. The molecule has 0 unspecified atom stereocenters. The molecule has 8 nitrogen and oxygen atoms in total. The highest BCUT2D eigenvalue weighted by Gasteiger charge is 2.51. The predicted molar refractivity (Wildman–Crippen MR) is 91.6 cm³/mol. The molecule has 0 aromatic carbocycles. The van der Waals surface area contributed by atoms with Crippen LogP contribution in [-0.4, -0.2) is 52.8 Å². The Morgan fingerprint density at radius 2 is 1.80 bits per heavy atom. The fourth-order valence-electron chi connectivity index (χ4n) is 3.32. The van der Waals surface area contributed by atoms with E-state index in [9.17, 15) is 19.2 Å². The van der Waals surface area contributed by atoms with E-state index in [-0.39, 0.29) is 48.8 Å². The van der Waals surface area contributed by atoms with Gasteiger partial charge in [0, 0.05) is 18.5 Å². The van der Waals surface area contributed by atoms with Gasteiger partial charge >= 0.3 is 6.03 Å². The number of nitrogens with one attached hydrogen (secondary N) is 3. The van der Waals surface area contributed by atoms with Crippen molar-refractivity contribution < 1.29 is 19.2 Å². The first-order chi connectivity index (χ1) is 11.6. The first kappa shape index (κ1) is 19.2. The van der Waals surface area contributed by atoms with Crippen LogP contribution in [0.5, 0.6) is 0 Å². The van der Waals surface area contributed by atoms with E-state index in [0.29, 0.717) is 19.3 Å². The summed E-state index contributed by atoms with van der Waals surface area (Å²) in [6, 6.07) is -0.364. The largest absolute Gasteiger partial charge is 0.350 e. The molecular formula is C17H28N4O4. The van der Waals surface area contributed by atoms with Gasteiger partial charge in [0.05, 0.1) is 6.54 Å². The van der Waals surface area contributed by atoms with E-state index < -0.39 is 5.54 Å². The third-order valence-corrected chi connectivity index (χ3v) is 4.45. The third kappa shape index (κ3) is 4.93. The molecule has 1 heterocycles. The van der Waals surface area contributed by atoms with Gasteiger partial charge in [-0.05, 0) is 40.0 Å². The van der Waals surface area contributed by atoms with Gasteiger partial charge in [-0.25, -0.2) is 4.79 Å². The smallest absolute Gasteiger partial charge is 0.325 e. The summed E-state index contributed by atoms with van der Waals surface area (Å²) in [6.45, 7) is 5.72. The number of nitrogens with zero attached hydrogens (tertiary/aromatic N) is 1. The molecule has 1 aliphatic heterocycles. The molecule has 1 aliphatic carbocycles. The fraction of sp³-hybridized carbons (Fsp3) is 0.765.